The maximum Gasteiger partial charge on any atom is 0.225 e. The van der Waals surface area contributed by atoms with E-state index < -0.39 is 5.82 Å². The number of hydrogen-bond acceptors (Lipinski definition) is 4. The molecule has 0 fully saturated rings. The Hall–Kier alpha value is -1.59. The summed E-state index contributed by atoms with van der Waals surface area (Å²) in [6.07, 6.45) is 0. The predicted molar refractivity (Wildman–Crippen MR) is 62.9 cm³/mol. The Morgan fingerprint density at radius 3 is 2.59 bits per heavy atom. The summed E-state index contributed by atoms with van der Waals surface area (Å²) in [4.78, 5) is 7.47. The van der Waals surface area contributed by atoms with Crippen LogP contribution in [0.5, 0.6) is 11.6 Å². The Morgan fingerprint density at radius 1 is 1.18 bits per heavy atom. The van der Waals surface area contributed by atoms with Crippen LogP contribution in [0.4, 0.5) is 10.3 Å². The first kappa shape index (κ1) is 11.9. The summed E-state index contributed by atoms with van der Waals surface area (Å²) in [5.74, 6) is -0.0911. The van der Waals surface area contributed by atoms with Crippen molar-refractivity contribution >= 4 is 29.2 Å². The SMILES string of the molecule is Nc1nc(Cl)cc(Oc2ccc(F)cc2Cl)n1. The van der Waals surface area contributed by atoms with Gasteiger partial charge in [0.1, 0.15) is 16.7 Å². The van der Waals surface area contributed by atoms with Crippen molar-refractivity contribution in [3.8, 4) is 11.6 Å². The Balaban J connectivity index is 2.31. The molecule has 7 heteroatoms. The molecule has 88 valence electrons. The molecule has 0 saturated heterocycles. The maximum absolute atomic E-state index is 12.8. The fourth-order valence-electron chi connectivity index (χ4n) is 1.14. The highest BCUT2D eigenvalue weighted by atomic mass is 35.5. The van der Waals surface area contributed by atoms with Gasteiger partial charge in [0, 0.05) is 6.07 Å². The van der Waals surface area contributed by atoms with Crippen molar-refractivity contribution in [3.05, 3.63) is 40.3 Å². The van der Waals surface area contributed by atoms with Gasteiger partial charge in [-0.1, -0.05) is 23.2 Å². The average Bonchev–Trinajstić information content (AvgIpc) is 2.21. The third-order valence-electron chi connectivity index (χ3n) is 1.80. The van der Waals surface area contributed by atoms with Crippen molar-refractivity contribution < 1.29 is 9.13 Å². The number of aromatic nitrogens is 2. The van der Waals surface area contributed by atoms with E-state index in [0.717, 1.165) is 6.07 Å². The fourth-order valence-corrected chi connectivity index (χ4v) is 1.52. The van der Waals surface area contributed by atoms with E-state index in [9.17, 15) is 4.39 Å². The molecule has 17 heavy (non-hydrogen) atoms. The van der Waals surface area contributed by atoms with Gasteiger partial charge in [0.25, 0.3) is 0 Å². The van der Waals surface area contributed by atoms with Crippen molar-refractivity contribution in [2.45, 2.75) is 0 Å². The highest BCUT2D eigenvalue weighted by Crippen LogP contribution is 2.29. The molecule has 1 aromatic carbocycles. The molecular formula is C10H6Cl2FN3O. The Kier molecular flexibility index (Phi) is 3.31. The third-order valence-corrected chi connectivity index (χ3v) is 2.29. The molecule has 0 aliphatic carbocycles. The number of ether oxygens (including phenoxy) is 1. The van der Waals surface area contributed by atoms with Crippen LogP contribution in [0.25, 0.3) is 0 Å². The summed E-state index contributed by atoms with van der Waals surface area (Å²) in [6.45, 7) is 0. The van der Waals surface area contributed by atoms with Crippen LogP contribution < -0.4 is 10.5 Å². The molecule has 0 aliphatic rings. The Morgan fingerprint density at radius 2 is 1.94 bits per heavy atom. The second-order valence-corrected chi connectivity index (χ2v) is 3.86. The first-order valence-corrected chi connectivity index (χ1v) is 5.23. The normalized spacial score (nSPS) is 10.3. The van der Waals surface area contributed by atoms with Gasteiger partial charge < -0.3 is 10.5 Å². The van der Waals surface area contributed by atoms with Gasteiger partial charge in [-0.15, -0.1) is 0 Å². The van der Waals surface area contributed by atoms with Gasteiger partial charge in [0.05, 0.1) is 5.02 Å². The number of nitrogens with two attached hydrogens (primary N) is 1. The zero-order valence-electron chi connectivity index (χ0n) is 8.32. The predicted octanol–water partition coefficient (Wildman–Crippen LogP) is 3.30. The van der Waals surface area contributed by atoms with Gasteiger partial charge >= 0.3 is 0 Å². The molecule has 0 amide bonds. The van der Waals surface area contributed by atoms with E-state index in [1.807, 2.05) is 0 Å². The first-order valence-electron chi connectivity index (χ1n) is 4.47. The highest BCUT2D eigenvalue weighted by molar-refractivity contribution is 6.32. The van der Waals surface area contributed by atoms with Crippen LogP contribution >= 0.6 is 23.2 Å². The van der Waals surface area contributed by atoms with Crippen LogP contribution in [0.1, 0.15) is 0 Å². The highest BCUT2D eigenvalue weighted by Gasteiger charge is 2.07. The van der Waals surface area contributed by atoms with Crippen LogP contribution in [0.15, 0.2) is 24.3 Å². The first-order chi connectivity index (χ1) is 8.04. The summed E-state index contributed by atoms with van der Waals surface area (Å²) in [5, 5.41) is 0.268. The lowest BCUT2D eigenvalue weighted by molar-refractivity contribution is 0.461. The zero-order chi connectivity index (χ0) is 12.4. The van der Waals surface area contributed by atoms with E-state index in [-0.39, 0.29) is 27.8 Å². The minimum atomic E-state index is -0.456. The number of hydrogen-bond donors (Lipinski definition) is 1. The summed E-state index contributed by atoms with van der Waals surface area (Å²) in [7, 11) is 0. The number of benzene rings is 1. The maximum atomic E-state index is 12.8. The second-order valence-electron chi connectivity index (χ2n) is 3.06. The number of nitrogens with zero attached hydrogens (tertiary/aromatic N) is 2. The Bertz CT molecular complexity index is 545. The second kappa shape index (κ2) is 4.73. The minimum Gasteiger partial charge on any atom is -0.437 e. The topological polar surface area (TPSA) is 61.0 Å². The molecule has 0 spiro atoms. The summed E-state index contributed by atoms with van der Waals surface area (Å²) < 4.78 is 18.1. The Labute approximate surface area is 106 Å². The fraction of sp³-hybridized carbons (Fsp3) is 0. The van der Waals surface area contributed by atoms with Crippen molar-refractivity contribution in [1.82, 2.24) is 9.97 Å². The molecule has 4 nitrogen and oxygen atoms in total. The molecule has 0 unspecified atom stereocenters. The van der Waals surface area contributed by atoms with Gasteiger partial charge in [-0.05, 0) is 18.2 Å². The molecule has 0 radical (unpaired) electrons. The van der Waals surface area contributed by atoms with Crippen LogP contribution in [0.2, 0.25) is 10.2 Å². The molecule has 0 aliphatic heterocycles. The smallest absolute Gasteiger partial charge is 0.225 e. The van der Waals surface area contributed by atoms with Crippen molar-refractivity contribution in [2.24, 2.45) is 0 Å². The largest absolute Gasteiger partial charge is 0.437 e. The summed E-state index contributed by atoms with van der Waals surface area (Å²) in [5.41, 5.74) is 5.40. The molecule has 0 atom stereocenters. The summed E-state index contributed by atoms with van der Waals surface area (Å²) >= 11 is 11.5. The van der Waals surface area contributed by atoms with Crippen molar-refractivity contribution in [2.75, 3.05) is 5.73 Å². The van der Waals surface area contributed by atoms with E-state index in [0.29, 0.717) is 0 Å². The molecule has 1 heterocycles. The van der Waals surface area contributed by atoms with Gasteiger partial charge in [0.2, 0.25) is 11.8 Å². The third kappa shape index (κ3) is 2.95. The quantitative estimate of drug-likeness (QED) is 0.853. The van der Waals surface area contributed by atoms with Gasteiger partial charge in [-0.3, -0.25) is 0 Å². The molecule has 2 N–H and O–H groups in total. The van der Waals surface area contributed by atoms with Crippen LogP contribution in [0.3, 0.4) is 0 Å². The number of nitrogen functional groups attached to an aromatic ring is 1. The van der Waals surface area contributed by atoms with Crippen LogP contribution in [0, 0.1) is 5.82 Å². The van der Waals surface area contributed by atoms with E-state index in [4.69, 9.17) is 33.7 Å². The molecular weight excluding hydrogens is 268 g/mol. The lowest BCUT2D eigenvalue weighted by Crippen LogP contribution is -1.97. The lowest BCUT2D eigenvalue weighted by Gasteiger charge is -2.07. The zero-order valence-corrected chi connectivity index (χ0v) is 9.84. The average molecular weight is 274 g/mol. The molecule has 2 aromatic rings. The van der Waals surface area contributed by atoms with Gasteiger partial charge in [-0.2, -0.15) is 4.98 Å². The standard InChI is InChI=1S/C10H6Cl2FN3O/c11-6-3-5(13)1-2-7(6)17-9-4-8(12)15-10(14)16-9/h1-4H,(H2,14,15,16). The van der Waals surface area contributed by atoms with E-state index in [1.165, 1.54) is 18.2 Å². The van der Waals surface area contributed by atoms with E-state index >= 15 is 0 Å². The van der Waals surface area contributed by atoms with E-state index in [1.54, 1.807) is 0 Å². The van der Waals surface area contributed by atoms with Gasteiger partial charge in [-0.25, -0.2) is 9.37 Å². The monoisotopic (exact) mass is 273 g/mol. The van der Waals surface area contributed by atoms with E-state index in [2.05, 4.69) is 9.97 Å². The summed E-state index contributed by atoms with van der Waals surface area (Å²) in [6, 6.07) is 5.10. The minimum absolute atomic E-state index is 0.0225. The van der Waals surface area contributed by atoms with Crippen molar-refractivity contribution in [1.29, 1.82) is 0 Å². The molecule has 0 saturated carbocycles. The van der Waals surface area contributed by atoms with Gasteiger partial charge in [0.15, 0.2) is 0 Å². The molecule has 1 aromatic heterocycles. The molecule has 0 bridgehead atoms. The molecule has 2 rings (SSSR count). The van der Waals surface area contributed by atoms with Crippen LogP contribution in [-0.4, -0.2) is 9.97 Å². The van der Waals surface area contributed by atoms with Crippen molar-refractivity contribution in [3.63, 3.8) is 0 Å². The lowest BCUT2D eigenvalue weighted by atomic mass is 10.3. The number of halogens is 3. The van der Waals surface area contributed by atoms with Crippen LogP contribution in [-0.2, 0) is 0 Å². The number of anilines is 1. The number of rotatable bonds is 2.